The predicted molar refractivity (Wildman–Crippen MR) is 62.3 cm³/mol. The Kier molecular flexibility index (Phi) is 2.33. The molecular formula is C12H9N3O3. The van der Waals surface area contributed by atoms with Crippen molar-refractivity contribution in [1.82, 2.24) is 14.7 Å². The fourth-order valence-corrected chi connectivity index (χ4v) is 1.96. The molecule has 6 nitrogen and oxygen atoms in total. The summed E-state index contributed by atoms with van der Waals surface area (Å²) in [4.78, 5) is 15.1. The zero-order valence-electron chi connectivity index (χ0n) is 9.28. The van der Waals surface area contributed by atoms with Crippen LogP contribution in [0.5, 0.6) is 0 Å². The van der Waals surface area contributed by atoms with Gasteiger partial charge in [0, 0.05) is 17.1 Å². The molecule has 0 saturated carbocycles. The van der Waals surface area contributed by atoms with Crippen LogP contribution in [-0.4, -0.2) is 25.8 Å². The summed E-state index contributed by atoms with van der Waals surface area (Å²) < 4.78 is 6.46. The van der Waals surface area contributed by atoms with E-state index in [2.05, 4.69) is 14.7 Å². The number of hydrogen-bond acceptors (Lipinski definition) is 4. The molecule has 0 saturated heterocycles. The zero-order chi connectivity index (χ0) is 12.5. The number of carbonyl (C=O) groups is 1. The first-order valence-electron chi connectivity index (χ1n) is 5.32. The third kappa shape index (κ3) is 1.64. The van der Waals surface area contributed by atoms with Crippen molar-refractivity contribution >= 4 is 16.9 Å². The molecule has 0 unspecified atom stereocenters. The number of carboxylic acid groups (broad SMARTS) is 1. The number of hydrogen-bond donors (Lipinski definition) is 1. The SMILES string of the molecule is O=C(O)c1cn(Cc2ncon2)c2ccccc12. The van der Waals surface area contributed by atoms with E-state index in [1.807, 2.05) is 18.2 Å². The van der Waals surface area contributed by atoms with Gasteiger partial charge in [0.15, 0.2) is 5.82 Å². The second kappa shape index (κ2) is 3.99. The number of aromatic carboxylic acids is 1. The van der Waals surface area contributed by atoms with E-state index in [-0.39, 0.29) is 5.56 Å². The smallest absolute Gasteiger partial charge is 0.337 e. The van der Waals surface area contributed by atoms with E-state index in [4.69, 9.17) is 5.11 Å². The van der Waals surface area contributed by atoms with Gasteiger partial charge in [-0.3, -0.25) is 0 Å². The molecule has 0 aliphatic heterocycles. The van der Waals surface area contributed by atoms with Crippen LogP contribution in [0.25, 0.3) is 10.9 Å². The fraction of sp³-hybridized carbons (Fsp3) is 0.0833. The molecule has 6 heteroatoms. The van der Waals surface area contributed by atoms with Crippen molar-refractivity contribution in [1.29, 1.82) is 0 Å². The normalized spacial score (nSPS) is 10.9. The molecule has 2 heterocycles. The lowest BCUT2D eigenvalue weighted by atomic mass is 10.2. The van der Waals surface area contributed by atoms with Crippen LogP contribution in [0, 0.1) is 0 Å². The quantitative estimate of drug-likeness (QED) is 0.758. The largest absolute Gasteiger partial charge is 0.478 e. The number of para-hydroxylation sites is 1. The minimum atomic E-state index is -0.946. The molecule has 1 N–H and O–H groups in total. The van der Waals surface area contributed by atoms with Gasteiger partial charge in [0.2, 0.25) is 6.39 Å². The van der Waals surface area contributed by atoms with Crippen molar-refractivity contribution in [3.8, 4) is 0 Å². The molecular weight excluding hydrogens is 234 g/mol. The molecule has 18 heavy (non-hydrogen) atoms. The Hall–Kier alpha value is -2.63. The van der Waals surface area contributed by atoms with Gasteiger partial charge in [-0.25, -0.2) is 4.79 Å². The second-order valence-corrected chi connectivity index (χ2v) is 3.84. The van der Waals surface area contributed by atoms with Crippen molar-refractivity contribution in [3.63, 3.8) is 0 Å². The average molecular weight is 243 g/mol. The molecule has 0 bridgehead atoms. The highest BCUT2D eigenvalue weighted by molar-refractivity contribution is 6.03. The maximum absolute atomic E-state index is 11.2. The molecule has 2 aromatic heterocycles. The van der Waals surface area contributed by atoms with Crippen LogP contribution in [0.4, 0.5) is 0 Å². The lowest BCUT2D eigenvalue weighted by Gasteiger charge is -2.00. The fourth-order valence-electron chi connectivity index (χ4n) is 1.96. The van der Waals surface area contributed by atoms with Crippen LogP contribution in [0.2, 0.25) is 0 Å². The zero-order valence-corrected chi connectivity index (χ0v) is 9.28. The van der Waals surface area contributed by atoms with Crippen LogP contribution in [0.1, 0.15) is 16.2 Å². The maximum atomic E-state index is 11.2. The second-order valence-electron chi connectivity index (χ2n) is 3.84. The van der Waals surface area contributed by atoms with E-state index in [9.17, 15) is 4.79 Å². The van der Waals surface area contributed by atoms with E-state index < -0.39 is 5.97 Å². The first-order chi connectivity index (χ1) is 8.75. The van der Waals surface area contributed by atoms with Crippen LogP contribution in [-0.2, 0) is 6.54 Å². The average Bonchev–Trinajstić information content (AvgIpc) is 2.98. The Morgan fingerprint density at radius 2 is 2.22 bits per heavy atom. The molecule has 1 aromatic carbocycles. The molecule has 3 rings (SSSR count). The van der Waals surface area contributed by atoms with Gasteiger partial charge in [-0.2, -0.15) is 4.98 Å². The van der Waals surface area contributed by atoms with Crippen molar-refractivity contribution in [2.24, 2.45) is 0 Å². The molecule has 0 spiro atoms. The Labute approximate surface area is 101 Å². The topological polar surface area (TPSA) is 81.1 Å². The number of aromatic nitrogens is 3. The highest BCUT2D eigenvalue weighted by Gasteiger charge is 2.14. The van der Waals surface area contributed by atoms with Crippen LogP contribution >= 0.6 is 0 Å². The van der Waals surface area contributed by atoms with Crippen molar-refractivity contribution < 1.29 is 14.4 Å². The summed E-state index contributed by atoms with van der Waals surface area (Å²) in [5.41, 5.74) is 1.11. The van der Waals surface area contributed by atoms with Crippen molar-refractivity contribution in [2.45, 2.75) is 6.54 Å². The molecule has 0 radical (unpaired) electrons. The molecule has 3 aromatic rings. The lowest BCUT2D eigenvalue weighted by Crippen LogP contribution is -2.00. The summed E-state index contributed by atoms with van der Waals surface area (Å²) in [6.45, 7) is 0.379. The summed E-state index contributed by atoms with van der Waals surface area (Å²) in [6.07, 6.45) is 2.84. The Bertz CT molecular complexity index is 701. The van der Waals surface area contributed by atoms with Gasteiger partial charge in [-0.1, -0.05) is 23.4 Å². The molecule has 0 fully saturated rings. The summed E-state index contributed by atoms with van der Waals surface area (Å²) in [5.74, 6) is -0.439. The monoisotopic (exact) mass is 243 g/mol. The van der Waals surface area contributed by atoms with E-state index in [0.717, 1.165) is 5.52 Å². The Morgan fingerprint density at radius 3 is 2.94 bits per heavy atom. The maximum Gasteiger partial charge on any atom is 0.337 e. The number of carboxylic acids is 1. The minimum Gasteiger partial charge on any atom is -0.478 e. The first kappa shape index (κ1) is 10.5. The number of fused-ring (bicyclic) bond motifs is 1. The first-order valence-corrected chi connectivity index (χ1v) is 5.32. The van der Waals surface area contributed by atoms with Crippen LogP contribution in [0.15, 0.2) is 41.4 Å². The number of benzene rings is 1. The minimum absolute atomic E-state index is 0.272. The Balaban J connectivity index is 2.14. The number of rotatable bonds is 3. The highest BCUT2D eigenvalue weighted by atomic mass is 16.5. The van der Waals surface area contributed by atoms with Crippen molar-refractivity contribution in [2.75, 3.05) is 0 Å². The highest BCUT2D eigenvalue weighted by Crippen LogP contribution is 2.21. The van der Waals surface area contributed by atoms with Gasteiger partial charge in [0.05, 0.1) is 12.1 Å². The van der Waals surface area contributed by atoms with Crippen LogP contribution < -0.4 is 0 Å². The standard InChI is InChI=1S/C12H9N3O3/c16-12(17)9-5-15(6-11-13-7-18-14-11)10-4-2-1-3-8(9)10/h1-5,7H,6H2,(H,16,17). The molecule has 0 amide bonds. The lowest BCUT2D eigenvalue weighted by molar-refractivity contribution is 0.0699. The van der Waals surface area contributed by atoms with Gasteiger partial charge in [-0.05, 0) is 6.07 Å². The third-order valence-corrected chi connectivity index (χ3v) is 2.74. The summed E-state index contributed by atoms with van der Waals surface area (Å²) in [6, 6.07) is 7.32. The van der Waals surface area contributed by atoms with Gasteiger partial charge < -0.3 is 14.2 Å². The summed E-state index contributed by atoms with van der Waals surface area (Å²) in [7, 11) is 0. The molecule has 0 aliphatic carbocycles. The van der Waals surface area contributed by atoms with Gasteiger partial charge in [0.1, 0.15) is 0 Å². The predicted octanol–water partition coefficient (Wildman–Crippen LogP) is 1.77. The van der Waals surface area contributed by atoms with Crippen LogP contribution in [0.3, 0.4) is 0 Å². The number of nitrogens with zero attached hydrogens (tertiary/aromatic N) is 3. The molecule has 0 atom stereocenters. The van der Waals surface area contributed by atoms with E-state index in [1.54, 1.807) is 16.8 Å². The van der Waals surface area contributed by atoms with E-state index >= 15 is 0 Å². The van der Waals surface area contributed by atoms with E-state index in [1.165, 1.54) is 6.39 Å². The Morgan fingerprint density at radius 1 is 1.39 bits per heavy atom. The summed E-state index contributed by atoms with van der Waals surface area (Å²) >= 11 is 0. The summed E-state index contributed by atoms with van der Waals surface area (Å²) in [5, 5.41) is 13.6. The van der Waals surface area contributed by atoms with Gasteiger partial charge >= 0.3 is 5.97 Å². The molecule has 0 aliphatic rings. The molecule has 90 valence electrons. The van der Waals surface area contributed by atoms with Crippen molar-refractivity contribution in [3.05, 3.63) is 48.2 Å². The van der Waals surface area contributed by atoms with Gasteiger partial charge in [0.25, 0.3) is 0 Å². The third-order valence-electron chi connectivity index (χ3n) is 2.74. The van der Waals surface area contributed by atoms with Gasteiger partial charge in [-0.15, -0.1) is 0 Å². The van der Waals surface area contributed by atoms with E-state index in [0.29, 0.717) is 17.8 Å².